The third-order valence-electron chi connectivity index (χ3n) is 10.5. The minimum Gasteiger partial charge on any atom is -0.504 e. The summed E-state index contributed by atoms with van der Waals surface area (Å²) in [5.74, 6) is -9.52. The number of phenols is 6. The number of ether oxygens (including phenoxy) is 3. The maximum absolute atomic E-state index is 13.2. The quantitative estimate of drug-likeness (QED) is 0.0532. The Balaban J connectivity index is 1.48. The van der Waals surface area contributed by atoms with Crippen LogP contribution >= 0.6 is 0 Å². The third-order valence-corrected chi connectivity index (χ3v) is 10.5. The van der Waals surface area contributed by atoms with E-state index in [9.17, 15) is 59.4 Å². The molecule has 4 aliphatic heterocycles. The summed E-state index contributed by atoms with van der Waals surface area (Å²) < 4.78 is 16.0. The normalized spacial score (nSPS) is 15.0. The van der Waals surface area contributed by atoms with Gasteiger partial charge in [-0.05, 0) is 49.4 Å². The molecule has 4 bridgehead atoms. The van der Waals surface area contributed by atoms with E-state index in [-0.39, 0.29) is 112 Å². The maximum atomic E-state index is 13.2. The van der Waals surface area contributed by atoms with E-state index in [1.807, 2.05) is 4.90 Å². The van der Waals surface area contributed by atoms with Gasteiger partial charge in [0.1, 0.15) is 0 Å². The van der Waals surface area contributed by atoms with E-state index in [1.54, 1.807) is 12.0 Å². The van der Waals surface area contributed by atoms with E-state index >= 15 is 0 Å². The number of benzene rings is 3. The minimum atomic E-state index is -0.837. The van der Waals surface area contributed by atoms with Crippen molar-refractivity contribution < 1.29 is 73.6 Å². The molecule has 0 atom stereocenters. The molecule has 0 radical (unpaired) electrons. The van der Waals surface area contributed by atoms with Crippen molar-refractivity contribution in [3.05, 3.63) is 69.8 Å². The van der Waals surface area contributed by atoms with Crippen LogP contribution in [0.3, 0.4) is 0 Å². The number of rotatable bonds is 17. The fourth-order valence-electron chi connectivity index (χ4n) is 6.68. The van der Waals surface area contributed by atoms with Crippen LogP contribution in [-0.2, 0) is 14.2 Å². The standard InChI is InChI=1S/C44H61N9O15/c1-66-23-24-68-26-25-67-22-21-53-19-14-50-43(64)31-7-5-29(35(56)37(31)58)41(62)48-12-17-52(18-13-49-42(63)30-6-8-32(38(59)36(30)57)44(65)51-15-20-53)16-11-47-40(61)28-4-3-27(33(54)34(28)55)39(60)46-10-2-9-45/h3-8,54-59H,2,9-26,45H2,1H3,(H,46,60)(H,47,61)(H,48,62)(H,49,63)(H,50,64)(H,51,65). The number of nitrogens with two attached hydrogens (primary N) is 1. The van der Waals surface area contributed by atoms with E-state index in [2.05, 4.69) is 31.9 Å². The molecule has 0 aliphatic carbocycles. The van der Waals surface area contributed by atoms with Crippen LogP contribution in [0.4, 0.5) is 0 Å². The summed E-state index contributed by atoms with van der Waals surface area (Å²) in [5, 5.41) is 79.9. The fraction of sp³-hybridized carbons (Fsp3) is 0.455. The molecule has 3 aromatic rings. The Morgan fingerprint density at radius 2 is 0.882 bits per heavy atom. The summed E-state index contributed by atoms with van der Waals surface area (Å²) in [6.45, 7) is 3.24. The van der Waals surface area contributed by atoms with E-state index in [0.29, 0.717) is 45.9 Å². The van der Waals surface area contributed by atoms with Crippen molar-refractivity contribution >= 4 is 35.4 Å². The largest absolute Gasteiger partial charge is 0.504 e. The lowest BCUT2D eigenvalue weighted by atomic mass is 10.1. The predicted molar refractivity (Wildman–Crippen MR) is 243 cm³/mol. The molecule has 372 valence electrons. The highest BCUT2D eigenvalue weighted by molar-refractivity contribution is 6.04. The van der Waals surface area contributed by atoms with Gasteiger partial charge in [-0.25, -0.2) is 0 Å². The molecule has 3 aromatic carbocycles. The molecule has 24 heteroatoms. The Kier molecular flexibility index (Phi) is 21.8. The first-order valence-electron chi connectivity index (χ1n) is 21.8. The van der Waals surface area contributed by atoms with E-state index in [1.165, 1.54) is 30.3 Å². The number of phenolic OH excluding ortho intramolecular Hbond substituents is 6. The number of hydrogen-bond donors (Lipinski definition) is 13. The number of hydrogen-bond acceptors (Lipinski definition) is 18. The number of nitrogens with zero attached hydrogens (tertiary/aromatic N) is 2. The second-order valence-electron chi connectivity index (χ2n) is 15.2. The lowest BCUT2D eigenvalue weighted by Crippen LogP contribution is -2.43. The summed E-state index contributed by atoms with van der Waals surface area (Å²) in [6, 6.07) is 7.05. The SMILES string of the molecule is COCCOCCOCCN1CCNC(=O)c2ccc(c(O)c2O)C(=O)NCCN(CCNC(=O)c2ccc(C(=O)NCCCN)c(O)c2O)CCNC(=O)c2ccc(c(O)c2O)C(=O)NCC1. The summed E-state index contributed by atoms with van der Waals surface area (Å²) in [5.41, 5.74) is 3.59. The number of aromatic hydroxyl groups is 6. The van der Waals surface area contributed by atoms with Crippen LogP contribution in [0.25, 0.3) is 0 Å². The number of carbonyl (C=O) groups excluding carboxylic acids is 6. The van der Waals surface area contributed by atoms with E-state index in [4.69, 9.17) is 19.9 Å². The number of amides is 6. The van der Waals surface area contributed by atoms with Gasteiger partial charge in [0.25, 0.3) is 35.4 Å². The lowest BCUT2D eigenvalue weighted by Gasteiger charge is -2.23. The monoisotopic (exact) mass is 955 g/mol. The zero-order valence-corrected chi connectivity index (χ0v) is 37.7. The van der Waals surface area contributed by atoms with Gasteiger partial charge >= 0.3 is 0 Å². The van der Waals surface area contributed by atoms with Gasteiger partial charge in [-0.3, -0.25) is 38.6 Å². The smallest absolute Gasteiger partial charge is 0.255 e. The van der Waals surface area contributed by atoms with Crippen molar-refractivity contribution in [2.75, 3.05) is 125 Å². The average molecular weight is 956 g/mol. The van der Waals surface area contributed by atoms with Crippen LogP contribution in [0.5, 0.6) is 34.5 Å². The van der Waals surface area contributed by atoms with Gasteiger partial charge in [0.2, 0.25) is 0 Å². The van der Waals surface area contributed by atoms with Gasteiger partial charge in [0, 0.05) is 85.6 Å². The molecule has 4 aliphatic rings. The highest BCUT2D eigenvalue weighted by atomic mass is 16.5. The molecule has 0 saturated carbocycles. The molecular formula is C44H61N9O15. The summed E-state index contributed by atoms with van der Waals surface area (Å²) >= 11 is 0. The van der Waals surface area contributed by atoms with Gasteiger partial charge in [0.05, 0.1) is 66.4 Å². The zero-order valence-electron chi connectivity index (χ0n) is 37.7. The second kappa shape index (κ2) is 27.6. The summed E-state index contributed by atoms with van der Waals surface area (Å²) in [7, 11) is 1.56. The second-order valence-corrected chi connectivity index (χ2v) is 15.2. The maximum Gasteiger partial charge on any atom is 0.255 e. The molecule has 24 nitrogen and oxygen atoms in total. The molecule has 0 unspecified atom stereocenters. The van der Waals surface area contributed by atoms with Gasteiger partial charge in [-0.2, -0.15) is 0 Å². The van der Waals surface area contributed by atoms with Gasteiger partial charge in [-0.1, -0.05) is 0 Å². The summed E-state index contributed by atoms with van der Waals surface area (Å²) in [4.78, 5) is 81.7. The van der Waals surface area contributed by atoms with Crippen LogP contribution in [0, 0.1) is 0 Å². The molecule has 0 saturated heterocycles. The molecule has 14 N–H and O–H groups in total. The molecule has 6 amide bonds. The van der Waals surface area contributed by atoms with Gasteiger partial charge < -0.3 is 82.5 Å². The zero-order chi connectivity index (χ0) is 49.6. The Morgan fingerprint density at radius 1 is 0.529 bits per heavy atom. The molecule has 68 heavy (non-hydrogen) atoms. The Hall–Kier alpha value is -6.96. The van der Waals surface area contributed by atoms with Crippen LogP contribution in [-0.4, -0.2) is 201 Å². The molecule has 4 heterocycles. The first kappa shape index (κ1) is 53.7. The van der Waals surface area contributed by atoms with Crippen LogP contribution in [0.1, 0.15) is 68.6 Å². The van der Waals surface area contributed by atoms with Crippen molar-refractivity contribution in [1.82, 2.24) is 41.7 Å². The van der Waals surface area contributed by atoms with Crippen molar-refractivity contribution in [1.29, 1.82) is 0 Å². The molecule has 7 rings (SSSR count). The highest BCUT2D eigenvalue weighted by Crippen LogP contribution is 2.34. The summed E-state index contributed by atoms with van der Waals surface area (Å²) in [6.07, 6.45) is 0.480. The first-order valence-corrected chi connectivity index (χ1v) is 21.8. The molecular weight excluding hydrogens is 895 g/mol. The Morgan fingerprint density at radius 3 is 1.26 bits per heavy atom. The average Bonchev–Trinajstić information content (AvgIpc) is 3.31. The van der Waals surface area contributed by atoms with E-state index < -0.39 is 69.9 Å². The topological polar surface area (TPSA) is 356 Å². The van der Waals surface area contributed by atoms with Crippen molar-refractivity contribution in [2.24, 2.45) is 5.73 Å². The van der Waals surface area contributed by atoms with Crippen molar-refractivity contribution in [3.8, 4) is 34.5 Å². The van der Waals surface area contributed by atoms with E-state index in [0.717, 1.165) is 6.07 Å². The number of nitrogens with one attached hydrogen (secondary N) is 6. The molecule has 0 fully saturated rings. The van der Waals surface area contributed by atoms with Gasteiger partial charge in [-0.15, -0.1) is 0 Å². The van der Waals surface area contributed by atoms with Gasteiger partial charge in [0.15, 0.2) is 34.5 Å². The molecule has 0 aromatic heterocycles. The van der Waals surface area contributed by atoms with Crippen LogP contribution < -0.4 is 37.6 Å². The number of carbonyl (C=O) groups is 6. The number of methoxy groups -OCH3 is 1. The fourth-order valence-corrected chi connectivity index (χ4v) is 6.68. The van der Waals surface area contributed by atoms with Crippen LogP contribution in [0.15, 0.2) is 36.4 Å². The highest BCUT2D eigenvalue weighted by Gasteiger charge is 2.25. The van der Waals surface area contributed by atoms with Crippen molar-refractivity contribution in [2.45, 2.75) is 6.42 Å². The lowest BCUT2D eigenvalue weighted by molar-refractivity contribution is 0.0196. The predicted octanol–water partition coefficient (Wildman–Crippen LogP) is -1.65. The Labute approximate surface area is 391 Å². The third kappa shape index (κ3) is 15.6. The molecule has 0 spiro atoms. The van der Waals surface area contributed by atoms with Crippen molar-refractivity contribution in [3.63, 3.8) is 0 Å². The van der Waals surface area contributed by atoms with Crippen LogP contribution in [0.2, 0.25) is 0 Å². The minimum absolute atomic E-state index is 0.0449. The Bertz CT molecular complexity index is 2130. The first-order chi connectivity index (χ1) is 32.7.